The van der Waals surface area contributed by atoms with Crippen LogP contribution in [0.5, 0.6) is 0 Å². The van der Waals surface area contributed by atoms with E-state index in [1.807, 2.05) is 0 Å². The first-order valence-electron chi connectivity index (χ1n) is 5.41. The van der Waals surface area contributed by atoms with E-state index < -0.39 is 14.6 Å². The highest BCUT2D eigenvalue weighted by atomic mass is 35.5. The molecular formula is C12H14ClN3O2S. The molecule has 5 nitrogen and oxygen atoms in total. The largest absolute Gasteiger partial charge is 0.345 e. The van der Waals surface area contributed by atoms with Gasteiger partial charge in [-0.1, -0.05) is 11.6 Å². The zero-order chi connectivity index (χ0) is 14.7. The summed E-state index contributed by atoms with van der Waals surface area (Å²) in [5.74, 6) is 0.404. The van der Waals surface area contributed by atoms with Crippen molar-refractivity contribution >= 4 is 27.3 Å². The van der Waals surface area contributed by atoms with Crippen molar-refractivity contribution in [3.05, 3.63) is 34.5 Å². The first-order chi connectivity index (χ1) is 8.68. The van der Waals surface area contributed by atoms with Crippen LogP contribution in [-0.4, -0.2) is 18.1 Å². The Bertz CT molecular complexity index is 622. The van der Waals surface area contributed by atoms with Gasteiger partial charge in [-0.25, -0.2) is 13.4 Å². The Morgan fingerprint density at radius 3 is 2.53 bits per heavy atom. The van der Waals surface area contributed by atoms with E-state index in [2.05, 4.69) is 10.3 Å². The fraction of sp³-hybridized carbons (Fsp3) is 0.333. The molecule has 0 amide bonds. The van der Waals surface area contributed by atoms with Crippen LogP contribution in [-0.2, 0) is 9.84 Å². The van der Waals surface area contributed by atoms with Crippen LogP contribution in [0.2, 0.25) is 5.02 Å². The molecule has 0 aromatic carbocycles. The Labute approximate surface area is 117 Å². The maximum absolute atomic E-state index is 12.1. The second-order valence-electron chi connectivity index (χ2n) is 4.74. The second-order valence-corrected chi connectivity index (χ2v) is 7.85. The fourth-order valence-corrected chi connectivity index (χ4v) is 2.21. The fourth-order valence-electron chi connectivity index (χ4n) is 1.10. The highest BCUT2D eigenvalue weighted by Crippen LogP contribution is 2.23. The molecule has 0 saturated carbocycles. The van der Waals surface area contributed by atoms with Gasteiger partial charge in [0.15, 0.2) is 14.7 Å². The number of anilines is 1. The lowest BCUT2D eigenvalue weighted by molar-refractivity contribution is 0.568. The minimum absolute atomic E-state index is 0.336. The second kappa shape index (κ2) is 5.59. The van der Waals surface area contributed by atoms with Crippen LogP contribution in [0.3, 0.4) is 0 Å². The van der Waals surface area contributed by atoms with E-state index >= 15 is 0 Å². The Morgan fingerprint density at radius 1 is 1.47 bits per heavy atom. The number of nitrogens with one attached hydrogen (secondary N) is 1. The zero-order valence-electron chi connectivity index (χ0n) is 10.8. The van der Waals surface area contributed by atoms with Gasteiger partial charge < -0.3 is 5.32 Å². The summed E-state index contributed by atoms with van der Waals surface area (Å²) in [6, 6.07) is 4.87. The quantitative estimate of drug-likeness (QED) is 0.868. The first kappa shape index (κ1) is 15.5. The third-order valence-electron chi connectivity index (χ3n) is 2.28. The minimum Gasteiger partial charge on any atom is -0.345 e. The number of nitriles is 1. The Morgan fingerprint density at radius 2 is 2.11 bits per heavy atom. The molecule has 0 aliphatic heterocycles. The number of sulfone groups is 1. The number of hydrogen-bond acceptors (Lipinski definition) is 5. The van der Waals surface area contributed by atoms with Crippen molar-refractivity contribution in [2.75, 3.05) is 5.32 Å². The molecule has 1 N–H and O–H groups in total. The summed E-state index contributed by atoms with van der Waals surface area (Å²) < 4.78 is 23.1. The average Bonchev–Trinajstić information content (AvgIpc) is 2.30. The van der Waals surface area contributed by atoms with Crippen molar-refractivity contribution in [3.8, 4) is 6.07 Å². The van der Waals surface area contributed by atoms with Crippen LogP contribution in [0.1, 0.15) is 20.8 Å². The number of aromatic nitrogens is 1. The molecule has 1 rings (SSSR count). The molecule has 0 aliphatic rings. The molecular weight excluding hydrogens is 286 g/mol. The van der Waals surface area contributed by atoms with Crippen LogP contribution < -0.4 is 5.32 Å². The van der Waals surface area contributed by atoms with Gasteiger partial charge in [0.1, 0.15) is 11.9 Å². The minimum atomic E-state index is -3.68. The van der Waals surface area contributed by atoms with Crippen molar-refractivity contribution in [1.29, 1.82) is 5.26 Å². The van der Waals surface area contributed by atoms with Crippen molar-refractivity contribution in [2.24, 2.45) is 0 Å². The number of rotatable bonds is 3. The maximum Gasteiger partial charge on any atom is 0.194 e. The Hall–Kier alpha value is -1.58. The van der Waals surface area contributed by atoms with Gasteiger partial charge in [-0.15, -0.1) is 0 Å². The summed E-state index contributed by atoms with van der Waals surface area (Å²) >= 11 is 5.68. The third-order valence-corrected chi connectivity index (χ3v) is 4.91. The predicted molar refractivity (Wildman–Crippen MR) is 75.2 cm³/mol. The molecule has 1 aromatic heterocycles. The molecule has 0 spiro atoms. The van der Waals surface area contributed by atoms with Crippen LogP contribution >= 0.6 is 11.6 Å². The van der Waals surface area contributed by atoms with E-state index in [0.29, 0.717) is 10.8 Å². The highest BCUT2D eigenvalue weighted by molar-refractivity contribution is 7.96. The van der Waals surface area contributed by atoms with Crippen LogP contribution in [0.4, 0.5) is 5.82 Å². The monoisotopic (exact) mass is 299 g/mol. The van der Waals surface area contributed by atoms with E-state index in [-0.39, 0.29) is 4.91 Å². The van der Waals surface area contributed by atoms with E-state index in [1.54, 1.807) is 18.2 Å². The van der Waals surface area contributed by atoms with Gasteiger partial charge in [0.25, 0.3) is 0 Å². The molecule has 0 bridgehead atoms. The Balaban J connectivity index is 3.03. The van der Waals surface area contributed by atoms with Gasteiger partial charge in [-0.05, 0) is 32.9 Å². The van der Waals surface area contributed by atoms with Crippen LogP contribution in [0, 0.1) is 11.3 Å². The number of allylic oxidation sites excluding steroid dienone is 1. The standard InChI is InChI=1S/C12H14ClN3O2S/c1-12(2,3)19(17,18)10(6-14)8-16-11-5-4-9(13)7-15-11/h4-5,7-8H,1-3H3,(H,15,16). The van der Waals surface area contributed by atoms with Gasteiger partial charge in [0, 0.05) is 12.4 Å². The molecule has 19 heavy (non-hydrogen) atoms. The summed E-state index contributed by atoms with van der Waals surface area (Å²) in [4.78, 5) is 3.60. The average molecular weight is 300 g/mol. The molecule has 0 saturated heterocycles. The number of halogens is 1. The normalized spacial score (nSPS) is 12.9. The molecule has 0 radical (unpaired) electrons. The van der Waals surface area contributed by atoms with Gasteiger partial charge in [0.05, 0.1) is 9.77 Å². The van der Waals surface area contributed by atoms with Crippen molar-refractivity contribution in [2.45, 2.75) is 25.5 Å². The van der Waals surface area contributed by atoms with E-state index in [4.69, 9.17) is 16.9 Å². The van der Waals surface area contributed by atoms with Crippen LogP contribution in [0.15, 0.2) is 29.4 Å². The summed E-state index contributed by atoms with van der Waals surface area (Å²) in [6.45, 7) is 4.61. The van der Waals surface area contributed by atoms with Gasteiger partial charge in [-0.2, -0.15) is 5.26 Å². The predicted octanol–water partition coefficient (Wildman–Crippen LogP) is 2.73. The van der Waals surface area contributed by atoms with Gasteiger partial charge >= 0.3 is 0 Å². The molecule has 7 heteroatoms. The number of pyridine rings is 1. The van der Waals surface area contributed by atoms with E-state index in [1.165, 1.54) is 27.0 Å². The van der Waals surface area contributed by atoms with E-state index in [9.17, 15) is 8.42 Å². The SMILES string of the molecule is CC(C)(C)S(=O)(=O)C(C#N)=CNc1ccc(Cl)cn1. The Kier molecular flexibility index (Phi) is 4.56. The summed E-state index contributed by atoms with van der Waals surface area (Å²) in [5, 5.41) is 12.1. The lowest BCUT2D eigenvalue weighted by atomic mass is 10.3. The van der Waals surface area contributed by atoms with Gasteiger partial charge in [0.2, 0.25) is 0 Å². The van der Waals surface area contributed by atoms with E-state index in [0.717, 1.165) is 6.20 Å². The van der Waals surface area contributed by atoms with Crippen molar-refractivity contribution in [1.82, 2.24) is 4.98 Å². The molecule has 102 valence electrons. The third kappa shape index (κ3) is 3.69. The first-order valence-corrected chi connectivity index (χ1v) is 7.27. The summed E-state index contributed by atoms with van der Waals surface area (Å²) in [6.07, 6.45) is 2.55. The lowest BCUT2D eigenvalue weighted by Gasteiger charge is -2.18. The zero-order valence-corrected chi connectivity index (χ0v) is 12.4. The van der Waals surface area contributed by atoms with Crippen molar-refractivity contribution in [3.63, 3.8) is 0 Å². The molecule has 0 unspecified atom stereocenters. The molecule has 1 heterocycles. The lowest BCUT2D eigenvalue weighted by Crippen LogP contribution is -2.29. The number of hydrogen-bond donors (Lipinski definition) is 1. The summed E-state index contributed by atoms with van der Waals surface area (Å²) in [5.41, 5.74) is 0. The molecule has 1 aromatic rings. The highest BCUT2D eigenvalue weighted by Gasteiger charge is 2.33. The van der Waals surface area contributed by atoms with Gasteiger partial charge in [-0.3, -0.25) is 0 Å². The molecule has 0 atom stereocenters. The number of nitrogens with zero attached hydrogens (tertiary/aromatic N) is 2. The smallest absolute Gasteiger partial charge is 0.194 e. The summed E-state index contributed by atoms with van der Waals surface area (Å²) in [7, 11) is -3.68. The molecule has 0 aliphatic carbocycles. The molecule has 0 fully saturated rings. The topological polar surface area (TPSA) is 82.8 Å². The maximum atomic E-state index is 12.1. The van der Waals surface area contributed by atoms with Crippen LogP contribution in [0.25, 0.3) is 0 Å². The van der Waals surface area contributed by atoms with Crippen molar-refractivity contribution < 1.29 is 8.42 Å².